The monoisotopic (exact) mass is 259 g/mol. The molecule has 0 aromatic heterocycles. The zero-order valence-electron chi connectivity index (χ0n) is 11.8. The summed E-state index contributed by atoms with van der Waals surface area (Å²) in [5, 5.41) is 9.04. The molecule has 0 radical (unpaired) electrons. The first kappa shape index (κ1) is 13.7. The Kier molecular flexibility index (Phi) is 4.28. The van der Waals surface area contributed by atoms with Gasteiger partial charge in [-0.05, 0) is 26.1 Å². The number of methoxy groups -OCH3 is 1. The Balaban J connectivity index is 2.29. The Bertz CT molecular complexity index is 469. The quantitative estimate of drug-likeness (QED) is 0.833. The first-order chi connectivity index (χ1) is 9.15. The summed E-state index contributed by atoms with van der Waals surface area (Å²) in [5.41, 5.74) is 1.14. The largest absolute Gasteiger partial charge is 0.497 e. The van der Waals surface area contributed by atoms with Gasteiger partial charge in [0.05, 0.1) is 25.6 Å². The molecule has 2 atom stereocenters. The zero-order valence-corrected chi connectivity index (χ0v) is 11.8. The number of nitriles is 1. The molecule has 1 heterocycles. The highest BCUT2D eigenvalue weighted by atomic mass is 16.5. The Morgan fingerprint density at radius 1 is 1.42 bits per heavy atom. The van der Waals surface area contributed by atoms with E-state index < -0.39 is 0 Å². The molecular weight excluding hydrogens is 238 g/mol. The normalized spacial score (nSPS) is 24.0. The summed E-state index contributed by atoms with van der Waals surface area (Å²) in [7, 11) is 3.79. The average molecular weight is 259 g/mol. The van der Waals surface area contributed by atoms with E-state index in [9.17, 15) is 0 Å². The van der Waals surface area contributed by atoms with Gasteiger partial charge in [-0.3, -0.25) is 0 Å². The molecule has 19 heavy (non-hydrogen) atoms. The molecule has 1 aliphatic rings. The van der Waals surface area contributed by atoms with E-state index in [1.165, 1.54) is 0 Å². The van der Waals surface area contributed by atoms with Gasteiger partial charge in [-0.1, -0.05) is 6.07 Å². The van der Waals surface area contributed by atoms with E-state index in [1.54, 1.807) is 7.11 Å². The number of hydrogen-bond donors (Lipinski definition) is 0. The van der Waals surface area contributed by atoms with Crippen molar-refractivity contribution in [1.29, 1.82) is 5.26 Å². The number of likely N-dealkylation sites (N-methyl/N-ethyl adjacent to an activating group) is 1. The molecule has 0 spiro atoms. The van der Waals surface area contributed by atoms with Crippen LogP contribution in [0.5, 0.6) is 5.75 Å². The van der Waals surface area contributed by atoms with Gasteiger partial charge < -0.3 is 14.5 Å². The maximum absolute atomic E-state index is 9.04. The maximum Gasteiger partial charge on any atom is 0.120 e. The number of rotatable bonds is 3. The van der Waals surface area contributed by atoms with Crippen LogP contribution in [0.15, 0.2) is 24.3 Å². The number of ether oxygens (including phenoxy) is 1. The summed E-state index contributed by atoms with van der Waals surface area (Å²) in [4.78, 5) is 4.65. The molecule has 1 aliphatic heterocycles. The van der Waals surface area contributed by atoms with E-state index in [0.717, 1.165) is 24.5 Å². The van der Waals surface area contributed by atoms with Crippen molar-refractivity contribution in [3.05, 3.63) is 24.3 Å². The molecule has 0 amide bonds. The van der Waals surface area contributed by atoms with E-state index in [-0.39, 0.29) is 6.04 Å². The average Bonchev–Trinajstić information content (AvgIpc) is 2.38. The fraction of sp³-hybridized carbons (Fsp3) is 0.533. The predicted octanol–water partition coefficient (Wildman–Crippen LogP) is 2.12. The molecule has 1 saturated heterocycles. The standard InChI is InChI=1S/C15H21N3O/c1-12-10-17(2)11-14(7-8-16)18(12)13-5-4-6-15(9-13)19-3/h4-6,9,12,14H,7,10-11H2,1-3H3. The fourth-order valence-electron chi connectivity index (χ4n) is 2.93. The lowest BCUT2D eigenvalue weighted by Gasteiger charge is -2.45. The molecule has 1 aromatic carbocycles. The van der Waals surface area contributed by atoms with Crippen molar-refractivity contribution >= 4 is 5.69 Å². The number of hydrogen-bond acceptors (Lipinski definition) is 4. The van der Waals surface area contributed by atoms with Gasteiger partial charge in [0.25, 0.3) is 0 Å². The van der Waals surface area contributed by atoms with Crippen LogP contribution in [0.3, 0.4) is 0 Å². The third kappa shape index (κ3) is 2.99. The molecule has 0 N–H and O–H groups in total. The summed E-state index contributed by atoms with van der Waals surface area (Å²) >= 11 is 0. The summed E-state index contributed by atoms with van der Waals surface area (Å²) in [6.07, 6.45) is 0.548. The summed E-state index contributed by atoms with van der Waals surface area (Å²) in [5.74, 6) is 0.860. The molecular formula is C15H21N3O. The summed E-state index contributed by atoms with van der Waals surface area (Å²) in [6, 6.07) is 11.0. The van der Waals surface area contributed by atoms with Crippen molar-refractivity contribution in [2.75, 3.05) is 32.1 Å². The smallest absolute Gasteiger partial charge is 0.120 e. The molecule has 2 rings (SSSR count). The highest BCUT2D eigenvalue weighted by molar-refractivity contribution is 5.53. The second kappa shape index (κ2) is 5.94. The Morgan fingerprint density at radius 2 is 2.21 bits per heavy atom. The van der Waals surface area contributed by atoms with E-state index in [0.29, 0.717) is 12.5 Å². The molecule has 1 aromatic rings. The lowest BCUT2D eigenvalue weighted by molar-refractivity contribution is 0.233. The Labute approximate surface area is 115 Å². The first-order valence-corrected chi connectivity index (χ1v) is 6.63. The van der Waals surface area contributed by atoms with Gasteiger partial charge in [-0.25, -0.2) is 0 Å². The van der Waals surface area contributed by atoms with Crippen LogP contribution in [-0.4, -0.2) is 44.2 Å². The molecule has 4 heteroatoms. The van der Waals surface area contributed by atoms with E-state index in [1.807, 2.05) is 18.2 Å². The van der Waals surface area contributed by atoms with Gasteiger partial charge in [0.2, 0.25) is 0 Å². The zero-order chi connectivity index (χ0) is 13.8. The van der Waals surface area contributed by atoms with Gasteiger partial charge in [0, 0.05) is 30.9 Å². The third-order valence-electron chi connectivity index (χ3n) is 3.64. The number of nitrogens with zero attached hydrogens (tertiary/aromatic N) is 3. The lowest BCUT2D eigenvalue weighted by atomic mass is 10.0. The third-order valence-corrected chi connectivity index (χ3v) is 3.64. The van der Waals surface area contributed by atoms with Gasteiger partial charge in [0.15, 0.2) is 0 Å². The van der Waals surface area contributed by atoms with Crippen LogP contribution in [0.1, 0.15) is 13.3 Å². The van der Waals surface area contributed by atoms with E-state index in [2.05, 4.69) is 35.9 Å². The topological polar surface area (TPSA) is 39.5 Å². The highest BCUT2D eigenvalue weighted by Crippen LogP contribution is 2.28. The first-order valence-electron chi connectivity index (χ1n) is 6.63. The van der Waals surface area contributed by atoms with Crippen LogP contribution in [0.25, 0.3) is 0 Å². The second-order valence-electron chi connectivity index (χ2n) is 5.20. The van der Waals surface area contributed by atoms with Crippen LogP contribution < -0.4 is 9.64 Å². The molecule has 4 nitrogen and oxygen atoms in total. The lowest BCUT2D eigenvalue weighted by Crippen LogP contribution is -2.56. The van der Waals surface area contributed by atoms with E-state index in [4.69, 9.17) is 10.00 Å². The summed E-state index contributed by atoms with van der Waals surface area (Å²) < 4.78 is 5.30. The van der Waals surface area contributed by atoms with Gasteiger partial charge in [0.1, 0.15) is 5.75 Å². The predicted molar refractivity (Wildman–Crippen MR) is 76.5 cm³/mol. The van der Waals surface area contributed by atoms with Crippen LogP contribution in [0, 0.1) is 11.3 Å². The minimum atomic E-state index is 0.242. The fourth-order valence-corrected chi connectivity index (χ4v) is 2.93. The van der Waals surface area contributed by atoms with Crippen molar-refractivity contribution in [1.82, 2.24) is 4.90 Å². The van der Waals surface area contributed by atoms with Gasteiger partial charge in [-0.15, -0.1) is 0 Å². The number of anilines is 1. The number of benzene rings is 1. The van der Waals surface area contributed by atoms with Crippen LogP contribution >= 0.6 is 0 Å². The van der Waals surface area contributed by atoms with Crippen LogP contribution in [0.2, 0.25) is 0 Å². The SMILES string of the molecule is COc1cccc(N2C(C)CN(C)CC2CC#N)c1. The molecule has 102 valence electrons. The molecule has 0 aliphatic carbocycles. The van der Waals surface area contributed by atoms with Crippen LogP contribution in [-0.2, 0) is 0 Å². The van der Waals surface area contributed by atoms with E-state index >= 15 is 0 Å². The van der Waals surface area contributed by atoms with Crippen LogP contribution in [0.4, 0.5) is 5.69 Å². The van der Waals surface area contributed by atoms with Crippen molar-refractivity contribution < 1.29 is 4.74 Å². The minimum absolute atomic E-state index is 0.242. The summed E-state index contributed by atoms with van der Waals surface area (Å²) in [6.45, 7) is 4.15. The van der Waals surface area contributed by atoms with Crippen molar-refractivity contribution in [3.63, 3.8) is 0 Å². The van der Waals surface area contributed by atoms with Gasteiger partial charge in [-0.2, -0.15) is 5.26 Å². The minimum Gasteiger partial charge on any atom is -0.497 e. The van der Waals surface area contributed by atoms with Crippen molar-refractivity contribution in [2.45, 2.75) is 25.4 Å². The maximum atomic E-state index is 9.04. The Morgan fingerprint density at radius 3 is 2.89 bits per heavy atom. The second-order valence-corrected chi connectivity index (χ2v) is 5.20. The molecule has 0 bridgehead atoms. The molecule has 0 saturated carbocycles. The Hall–Kier alpha value is -1.73. The van der Waals surface area contributed by atoms with Crippen molar-refractivity contribution in [3.8, 4) is 11.8 Å². The number of piperazine rings is 1. The highest BCUT2D eigenvalue weighted by Gasteiger charge is 2.30. The molecule has 1 fully saturated rings. The van der Waals surface area contributed by atoms with Crippen molar-refractivity contribution in [2.24, 2.45) is 0 Å². The van der Waals surface area contributed by atoms with Gasteiger partial charge >= 0.3 is 0 Å². The molecule has 2 unspecified atom stereocenters.